The van der Waals surface area contributed by atoms with E-state index in [9.17, 15) is 4.79 Å². The molecule has 1 atom stereocenters. The Morgan fingerprint density at radius 2 is 2.15 bits per heavy atom. The van der Waals surface area contributed by atoms with Crippen molar-refractivity contribution in [1.29, 1.82) is 0 Å². The Morgan fingerprint density at radius 3 is 2.80 bits per heavy atom. The Labute approximate surface area is 121 Å². The summed E-state index contributed by atoms with van der Waals surface area (Å²) in [6.45, 7) is 7.05. The van der Waals surface area contributed by atoms with E-state index in [1.165, 1.54) is 0 Å². The fraction of sp³-hybridized carbons (Fsp3) is 0.733. The maximum Gasteiger partial charge on any atom is 0.157 e. The van der Waals surface area contributed by atoms with Crippen LogP contribution in [0.3, 0.4) is 0 Å². The predicted molar refractivity (Wildman–Crippen MR) is 79.9 cm³/mol. The first-order valence-corrected chi connectivity index (χ1v) is 7.43. The molecule has 5 nitrogen and oxygen atoms in total. The van der Waals surface area contributed by atoms with Crippen LogP contribution >= 0.6 is 0 Å². The minimum absolute atomic E-state index is 0.00769. The molecule has 112 valence electrons. The molecule has 0 saturated carbocycles. The molecule has 1 unspecified atom stereocenters. The summed E-state index contributed by atoms with van der Waals surface area (Å²) in [5, 5.41) is 4.48. The molecule has 0 aliphatic carbocycles. The van der Waals surface area contributed by atoms with Crippen LogP contribution in [-0.2, 0) is 11.2 Å². The number of ketones is 1. The fourth-order valence-corrected chi connectivity index (χ4v) is 2.67. The van der Waals surface area contributed by atoms with Crippen molar-refractivity contribution in [2.24, 2.45) is 0 Å². The Bertz CT molecular complexity index is 454. The Kier molecular flexibility index (Phi) is 4.94. The summed E-state index contributed by atoms with van der Waals surface area (Å²) in [5.41, 5.74) is 0.879. The van der Waals surface area contributed by atoms with Crippen molar-refractivity contribution in [3.05, 3.63) is 18.0 Å². The fourth-order valence-electron chi connectivity index (χ4n) is 2.67. The third kappa shape index (κ3) is 3.67. The number of carbonyl (C=O) groups is 1. The molecule has 2 rings (SSSR count). The summed E-state index contributed by atoms with van der Waals surface area (Å²) in [5.74, 6) is 0.273. The highest BCUT2D eigenvalue weighted by Crippen LogP contribution is 2.11. The van der Waals surface area contributed by atoms with Gasteiger partial charge in [-0.15, -0.1) is 0 Å². The zero-order valence-corrected chi connectivity index (χ0v) is 13.0. The lowest BCUT2D eigenvalue weighted by atomic mass is 10.1. The van der Waals surface area contributed by atoms with Crippen molar-refractivity contribution in [3.63, 3.8) is 0 Å². The van der Waals surface area contributed by atoms with Gasteiger partial charge in [0.15, 0.2) is 5.78 Å². The average molecular weight is 278 g/mol. The summed E-state index contributed by atoms with van der Waals surface area (Å²) >= 11 is 0. The molecule has 1 aromatic rings. The van der Waals surface area contributed by atoms with Gasteiger partial charge in [0.1, 0.15) is 0 Å². The van der Waals surface area contributed by atoms with Crippen molar-refractivity contribution in [3.8, 4) is 0 Å². The Hall–Kier alpha value is -1.20. The summed E-state index contributed by atoms with van der Waals surface area (Å²) in [4.78, 5) is 17.0. The molecule has 1 aromatic heterocycles. The topological polar surface area (TPSA) is 41.4 Å². The number of rotatable bonds is 4. The molecule has 0 radical (unpaired) electrons. The van der Waals surface area contributed by atoms with Crippen LogP contribution in [0.5, 0.6) is 0 Å². The number of Topliss-reactive ketones (excluding diaryl/α,β-unsaturated/α-hetero) is 1. The van der Waals surface area contributed by atoms with E-state index in [2.05, 4.69) is 42.8 Å². The summed E-state index contributed by atoms with van der Waals surface area (Å²) < 4.78 is 1.91. The van der Waals surface area contributed by atoms with Gasteiger partial charge in [0.25, 0.3) is 0 Å². The van der Waals surface area contributed by atoms with Gasteiger partial charge in [-0.1, -0.05) is 0 Å². The minimum atomic E-state index is -0.00769. The molecule has 1 aliphatic heterocycles. The van der Waals surface area contributed by atoms with Crippen LogP contribution in [0.4, 0.5) is 0 Å². The number of aromatic nitrogens is 2. The van der Waals surface area contributed by atoms with Crippen molar-refractivity contribution >= 4 is 5.78 Å². The van der Waals surface area contributed by atoms with Gasteiger partial charge in [-0.3, -0.25) is 14.4 Å². The molecular formula is C15H26N4O. The zero-order chi connectivity index (χ0) is 14.7. The van der Waals surface area contributed by atoms with Crippen molar-refractivity contribution in [2.75, 3.05) is 33.7 Å². The van der Waals surface area contributed by atoms with E-state index in [1.807, 2.05) is 16.9 Å². The highest BCUT2D eigenvalue weighted by atomic mass is 16.1. The predicted octanol–water partition coefficient (Wildman–Crippen LogP) is 1.21. The van der Waals surface area contributed by atoms with Gasteiger partial charge in [-0.25, -0.2) is 0 Å². The average Bonchev–Trinajstić information content (AvgIpc) is 2.77. The third-order valence-corrected chi connectivity index (χ3v) is 3.99. The van der Waals surface area contributed by atoms with E-state index in [1.54, 1.807) is 0 Å². The summed E-state index contributed by atoms with van der Waals surface area (Å²) in [6.07, 6.45) is 3.51. The standard InChI is InChI=1S/C15H26N4O/c1-12(2)19-9-6-13(16-19)10-15(20)14-11-17(3)7-5-8-18(14)4/h6,9,12,14H,5,7-8,10-11H2,1-4H3. The molecule has 0 amide bonds. The molecule has 0 aromatic carbocycles. The van der Waals surface area contributed by atoms with Gasteiger partial charge >= 0.3 is 0 Å². The maximum absolute atomic E-state index is 12.5. The molecule has 1 aliphatic rings. The van der Waals surface area contributed by atoms with E-state index >= 15 is 0 Å². The lowest BCUT2D eigenvalue weighted by Crippen LogP contribution is -2.44. The highest BCUT2D eigenvalue weighted by molar-refractivity contribution is 5.86. The maximum atomic E-state index is 12.5. The first-order valence-electron chi connectivity index (χ1n) is 7.43. The van der Waals surface area contributed by atoms with Crippen LogP contribution in [0.25, 0.3) is 0 Å². The van der Waals surface area contributed by atoms with Crippen molar-refractivity contribution in [1.82, 2.24) is 19.6 Å². The Morgan fingerprint density at radius 1 is 1.40 bits per heavy atom. The molecule has 0 spiro atoms. The number of hydrogen-bond donors (Lipinski definition) is 0. The number of hydrogen-bond acceptors (Lipinski definition) is 4. The second-order valence-electron chi connectivity index (χ2n) is 6.14. The van der Waals surface area contributed by atoms with Gasteiger partial charge in [-0.05, 0) is 53.5 Å². The van der Waals surface area contributed by atoms with Gasteiger partial charge in [-0.2, -0.15) is 5.10 Å². The largest absolute Gasteiger partial charge is 0.304 e. The Balaban J connectivity index is 2.02. The monoisotopic (exact) mass is 278 g/mol. The lowest BCUT2D eigenvalue weighted by Gasteiger charge is -2.25. The van der Waals surface area contributed by atoms with Crippen molar-refractivity contribution < 1.29 is 4.79 Å². The summed E-state index contributed by atoms with van der Waals surface area (Å²) in [7, 11) is 4.14. The lowest BCUT2D eigenvalue weighted by molar-refractivity contribution is -0.123. The van der Waals surface area contributed by atoms with E-state index < -0.39 is 0 Å². The van der Waals surface area contributed by atoms with Crippen LogP contribution in [0.1, 0.15) is 32.0 Å². The van der Waals surface area contributed by atoms with E-state index in [0.717, 1.165) is 31.7 Å². The zero-order valence-electron chi connectivity index (χ0n) is 13.0. The molecule has 0 bridgehead atoms. The van der Waals surface area contributed by atoms with Gasteiger partial charge in [0, 0.05) is 18.8 Å². The van der Waals surface area contributed by atoms with Crippen LogP contribution < -0.4 is 0 Å². The summed E-state index contributed by atoms with van der Waals surface area (Å²) in [6, 6.07) is 2.29. The van der Waals surface area contributed by atoms with Crippen molar-refractivity contribution in [2.45, 2.75) is 38.8 Å². The van der Waals surface area contributed by atoms with Gasteiger partial charge < -0.3 is 4.90 Å². The second kappa shape index (κ2) is 6.50. The SMILES string of the molecule is CC(C)n1ccc(CC(=O)C2CN(C)CCCN2C)n1. The van der Waals surface area contributed by atoms with Crippen LogP contribution in [0.15, 0.2) is 12.3 Å². The number of nitrogens with zero attached hydrogens (tertiary/aromatic N) is 4. The van der Waals surface area contributed by atoms with Gasteiger partial charge in [0.2, 0.25) is 0 Å². The molecule has 0 N–H and O–H groups in total. The van der Waals surface area contributed by atoms with E-state index in [4.69, 9.17) is 0 Å². The van der Waals surface area contributed by atoms with E-state index in [-0.39, 0.29) is 11.8 Å². The van der Waals surface area contributed by atoms with Crippen LogP contribution in [-0.4, -0.2) is 65.1 Å². The van der Waals surface area contributed by atoms with Crippen LogP contribution in [0, 0.1) is 0 Å². The molecular weight excluding hydrogens is 252 g/mol. The normalized spacial score (nSPS) is 22.1. The first-order chi connectivity index (χ1) is 9.47. The molecule has 1 saturated heterocycles. The number of likely N-dealkylation sites (N-methyl/N-ethyl adjacent to an activating group) is 2. The van der Waals surface area contributed by atoms with Gasteiger partial charge in [0.05, 0.1) is 18.2 Å². The minimum Gasteiger partial charge on any atom is -0.304 e. The molecule has 1 fully saturated rings. The van der Waals surface area contributed by atoms with Crippen LogP contribution in [0.2, 0.25) is 0 Å². The molecule has 2 heterocycles. The highest BCUT2D eigenvalue weighted by Gasteiger charge is 2.27. The third-order valence-electron chi connectivity index (χ3n) is 3.99. The smallest absolute Gasteiger partial charge is 0.157 e. The molecule has 5 heteroatoms. The quantitative estimate of drug-likeness (QED) is 0.830. The second-order valence-corrected chi connectivity index (χ2v) is 6.14. The first kappa shape index (κ1) is 15.2. The molecule has 20 heavy (non-hydrogen) atoms. The van der Waals surface area contributed by atoms with E-state index in [0.29, 0.717) is 12.5 Å². The number of carbonyl (C=O) groups excluding carboxylic acids is 1.